The summed E-state index contributed by atoms with van der Waals surface area (Å²) in [6, 6.07) is 77.4. The first kappa shape index (κ1) is 31.7. The molecule has 0 aliphatic carbocycles. The van der Waals surface area contributed by atoms with Crippen molar-refractivity contribution in [2.75, 3.05) is 0 Å². The Kier molecular flexibility index (Phi) is 6.93. The Labute approximate surface area is 329 Å². The van der Waals surface area contributed by atoms with E-state index in [2.05, 4.69) is 226 Å². The van der Waals surface area contributed by atoms with Gasteiger partial charge in [-0.05, 0) is 89.5 Å². The number of fused-ring (bicyclic) bond motifs is 10. The van der Waals surface area contributed by atoms with Gasteiger partial charge in [0.05, 0.1) is 33.1 Å². The van der Waals surface area contributed by atoms with Crippen LogP contribution >= 0.6 is 0 Å². The SMILES string of the molecule is c1ccc(-n2c3ccccc3c3ccc(-c4cccc(-c5cc6c(c7ccccc7n6-c6ccccc6)c6c7ccccc7n(-c7ccccc7)c56)c4)cc32)cc1. The molecular weight excluding hydrogens is 691 g/mol. The molecule has 3 heterocycles. The zero-order valence-electron chi connectivity index (χ0n) is 31.0. The molecule has 12 aromatic rings. The normalized spacial score (nSPS) is 11.9. The molecule has 266 valence electrons. The van der Waals surface area contributed by atoms with Gasteiger partial charge < -0.3 is 13.7 Å². The first-order chi connectivity index (χ1) is 28.3. The minimum Gasteiger partial charge on any atom is -0.309 e. The van der Waals surface area contributed by atoms with Gasteiger partial charge in [-0.1, -0.05) is 140 Å². The molecule has 0 N–H and O–H groups in total. The van der Waals surface area contributed by atoms with E-state index in [4.69, 9.17) is 0 Å². The summed E-state index contributed by atoms with van der Waals surface area (Å²) in [5.74, 6) is 0. The van der Waals surface area contributed by atoms with Crippen LogP contribution in [0.3, 0.4) is 0 Å². The summed E-state index contributed by atoms with van der Waals surface area (Å²) in [6.07, 6.45) is 0. The number of hydrogen-bond donors (Lipinski definition) is 0. The number of hydrogen-bond acceptors (Lipinski definition) is 0. The van der Waals surface area contributed by atoms with Gasteiger partial charge in [0.25, 0.3) is 0 Å². The maximum absolute atomic E-state index is 2.48. The highest BCUT2D eigenvalue weighted by molar-refractivity contribution is 6.31. The quantitative estimate of drug-likeness (QED) is 0.168. The Bertz CT molecular complexity index is 3500. The number of rotatable bonds is 5. The third-order valence-corrected chi connectivity index (χ3v) is 11.8. The van der Waals surface area contributed by atoms with Crippen molar-refractivity contribution < 1.29 is 0 Å². The number of aromatic nitrogens is 3. The zero-order chi connectivity index (χ0) is 37.5. The van der Waals surface area contributed by atoms with Gasteiger partial charge >= 0.3 is 0 Å². The van der Waals surface area contributed by atoms with Gasteiger partial charge in [-0.15, -0.1) is 0 Å². The van der Waals surface area contributed by atoms with Gasteiger partial charge in [-0.25, -0.2) is 0 Å². The van der Waals surface area contributed by atoms with Crippen LogP contribution in [0.4, 0.5) is 0 Å². The molecule has 0 spiro atoms. The maximum Gasteiger partial charge on any atom is 0.0627 e. The summed E-state index contributed by atoms with van der Waals surface area (Å²) in [5, 5.41) is 7.55. The lowest BCUT2D eigenvalue weighted by atomic mass is 9.95. The van der Waals surface area contributed by atoms with Crippen molar-refractivity contribution in [1.82, 2.24) is 13.7 Å². The van der Waals surface area contributed by atoms with E-state index in [-0.39, 0.29) is 0 Å². The van der Waals surface area contributed by atoms with Crippen molar-refractivity contribution in [3.63, 3.8) is 0 Å². The van der Waals surface area contributed by atoms with Crippen molar-refractivity contribution in [3.8, 4) is 39.3 Å². The fourth-order valence-electron chi connectivity index (χ4n) is 9.40. The lowest BCUT2D eigenvalue weighted by Crippen LogP contribution is -1.97. The zero-order valence-corrected chi connectivity index (χ0v) is 31.0. The Morgan fingerprint density at radius 3 is 1.35 bits per heavy atom. The van der Waals surface area contributed by atoms with Crippen LogP contribution in [0.1, 0.15) is 0 Å². The van der Waals surface area contributed by atoms with Crippen LogP contribution in [0, 0.1) is 0 Å². The number of nitrogens with zero attached hydrogens (tertiary/aromatic N) is 3. The molecule has 0 atom stereocenters. The van der Waals surface area contributed by atoms with Crippen LogP contribution < -0.4 is 0 Å². The average Bonchev–Trinajstić information content (AvgIpc) is 3.92. The summed E-state index contributed by atoms with van der Waals surface area (Å²) in [4.78, 5) is 0. The Morgan fingerprint density at radius 2 is 0.702 bits per heavy atom. The van der Waals surface area contributed by atoms with E-state index in [1.807, 2.05) is 0 Å². The summed E-state index contributed by atoms with van der Waals surface area (Å²) in [6.45, 7) is 0. The number of para-hydroxylation sites is 6. The Morgan fingerprint density at radius 1 is 0.246 bits per heavy atom. The van der Waals surface area contributed by atoms with Crippen LogP contribution in [0.5, 0.6) is 0 Å². The highest BCUT2D eigenvalue weighted by Crippen LogP contribution is 2.47. The molecule has 0 aliphatic heterocycles. The first-order valence-electron chi connectivity index (χ1n) is 19.6. The van der Waals surface area contributed by atoms with E-state index in [0.29, 0.717) is 0 Å². The van der Waals surface area contributed by atoms with E-state index >= 15 is 0 Å². The van der Waals surface area contributed by atoms with Crippen LogP contribution in [0.25, 0.3) is 105 Å². The molecule has 57 heavy (non-hydrogen) atoms. The lowest BCUT2D eigenvalue weighted by Gasteiger charge is -2.15. The fraction of sp³-hybridized carbons (Fsp3) is 0. The van der Waals surface area contributed by atoms with Crippen LogP contribution in [0.15, 0.2) is 212 Å². The minimum absolute atomic E-state index is 1.14. The van der Waals surface area contributed by atoms with Gasteiger partial charge in [0, 0.05) is 54.9 Å². The van der Waals surface area contributed by atoms with E-state index in [9.17, 15) is 0 Å². The van der Waals surface area contributed by atoms with Gasteiger partial charge in [0.15, 0.2) is 0 Å². The molecule has 0 saturated heterocycles. The van der Waals surface area contributed by atoms with Crippen molar-refractivity contribution >= 4 is 65.4 Å². The Hall–Kier alpha value is -7.62. The second-order valence-electron chi connectivity index (χ2n) is 14.9. The Balaban J connectivity index is 1.18. The van der Waals surface area contributed by atoms with Crippen molar-refractivity contribution in [1.29, 1.82) is 0 Å². The van der Waals surface area contributed by atoms with Crippen molar-refractivity contribution in [2.24, 2.45) is 0 Å². The van der Waals surface area contributed by atoms with Gasteiger partial charge in [-0.3, -0.25) is 0 Å². The molecule has 0 amide bonds. The number of benzene rings is 9. The van der Waals surface area contributed by atoms with Gasteiger partial charge in [0.2, 0.25) is 0 Å². The minimum atomic E-state index is 1.14. The second-order valence-corrected chi connectivity index (χ2v) is 14.9. The van der Waals surface area contributed by atoms with E-state index < -0.39 is 0 Å². The molecule has 0 saturated carbocycles. The first-order valence-corrected chi connectivity index (χ1v) is 19.6. The summed E-state index contributed by atoms with van der Waals surface area (Å²) < 4.78 is 7.32. The molecule has 0 aliphatic rings. The fourth-order valence-corrected chi connectivity index (χ4v) is 9.40. The van der Waals surface area contributed by atoms with Crippen LogP contribution in [-0.2, 0) is 0 Å². The smallest absolute Gasteiger partial charge is 0.0627 e. The van der Waals surface area contributed by atoms with E-state index in [1.54, 1.807) is 0 Å². The molecule has 3 aromatic heterocycles. The van der Waals surface area contributed by atoms with Crippen LogP contribution in [0.2, 0.25) is 0 Å². The second kappa shape index (κ2) is 12.5. The van der Waals surface area contributed by atoms with Crippen molar-refractivity contribution in [2.45, 2.75) is 0 Å². The predicted molar refractivity (Wildman–Crippen MR) is 240 cm³/mol. The molecule has 12 rings (SSSR count). The standard InChI is InChI=1S/C54H35N3/c1-4-19-39(20-5-1)55-47-28-13-10-25-42(47)43-32-31-37(34-50(43)55)36-17-16-18-38(33-36)46-35-51-52(44-26-11-14-29-48(44)56(51)40-21-6-2-7-22-40)53-45-27-12-15-30-49(45)57(54(46)53)41-23-8-3-9-24-41/h1-35H. The molecule has 3 nitrogen and oxygen atoms in total. The topological polar surface area (TPSA) is 14.8 Å². The highest BCUT2D eigenvalue weighted by Gasteiger charge is 2.24. The third-order valence-electron chi connectivity index (χ3n) is 11.8. The predicted octanol–water partition coefficient (Wildman–Crippen LogP) is 14.3. The monoisotopic (exact) mass is 725 g/mol. The largest absolute Gasteiger partial charge is 0.309 e. The molecule has 0 fully saturated rings. The lowest BCUT2D eigenvalue weighted by molar-refractivity contribution is 1.17. The van der Waals surface area contributed by atoms with Gasteiger partial charge in [0.1, 0.15) is 0 Å². The molecule has 0 unspecified atom stereocenters. The molecule has 0 radical (unpaired) electrons. The van der Waals surface area contributed by atoms with Crippen molar-refractivity contribution in [3.05, 3.63) is 212 Å². The molecule has 0 bridgehead atoms. The van der Waals surface area contributed by atoms with E-state index in [0.717, 1.165) is 17.1 Å². The molecular formula is C54H35N3. The summed E-state index contributed by atoms with van der Waals surface area (Å²) in [7, 11) is 0. The van der Waals surface area contributed by atoms with E-state index in [1.165, 1.54) is 87.7 Å². The summed E-state index contributed by atoms with van der Waals surface area (Å²) in [5.41, 5.74) is 15.4. The molecule has 3 heteroatoms. The summed E-state index contributed by atoms with van der Waals surface area (Å²) >= 11 is 0. The third kappa shape index (κ3) is 4.73. The van der Waals surface area contributed by atoms with Crippen LogP contribution in [-0.4, -0.2) is 13.7 Å². The highest BCUT2D eigenvalue weighted by atomic mass is 15.0. The van der Waals surface area contributed by atoms with Gasteiger partial charge in [-0.2, -0.15) is 0 Å². The average molecular weight is 726 g/mol. The molecule has 9 aromatic carbocycles. The maximum atomic E-state index is 2.48.